The summed E-state index contributed by atoms with van der Waals surface area (Å²) < 4.78 is 0. The zero-order valence-electron chi connectivity index (χ0n) is 7.50. The quantitative estimate of drug-likeness (QED) is 0.602. The minimum Gasteiger partial charge on any atom is -0.373 e. The summed E-state index contributed by atoms with van der Waals surface area (Å²) in [7, 11) is 2.16. The molecule has 0 amide bonds. The summed E-state index contributed by atoms with van der Waals surface area (Å²) in [5.41, 5.74) is 2.80. The minimum atomic E-state index is 1.17. The molecule has 1 nitrogen and oxygen atoms in total. The van der Waals surface area contributed by atoms with E-state index in [-0.39, 0.29) is 0 Å². The molecule has 0 saturated heterocycles. The normalized spacial score (nSPS) is 16.0. The summed E-state index contributed by atoms with van der Waals surface area (Å²) in [5, 5.41) is 0. The SMILES string of the molecule is Cc1cccc2c1SCCN2C. The molecule has 1 aliphatic rings. The van der Waals surface area contributed by atoms with Gasteiger partial charge in [0.05, 0.1) is 5.69 Å². The summed E-state index contributed by atoms with van der Waals surface area (Å²) in [5.74, 6) is 1.22. The van der Waals surface area contributed by atoms with Crippen LogP contribution >= 0.6 is 11.8 Å². The van der Waals surface area contributed by atoms with Crippen molar-refractivity contribution in [2.24, 2.45) is 0 Å². The average molecular weight is 179 g/mol. The van der Waals surface area contributed by atoms with Gasteiger partial charge in [0.15, 0.2) is 0 Å². The van der Waals surface area contributed by atoms with E-state index in [4.69, 9.17) is 0 Å². The molecule has 0 bridgehead atoms. The van der Waals surface area contributed by atoms with Gasteiger partial charge >= 0.3 is 0 Å². The number of benzene rings is 1. The Morgan fingerprint density at radius 1 is 1.42 bits per heavy atom. The van der Waals surface area contributed by atoms with Crippen LogP contribution in [0, 0.1) is 6.92 Å². The van der Waals surface area contributed by atoms with Crippen molar-refractivity contribution in [1.82, 2.24) is 0 Å². The molecule has 0 fully saturated rings. The van der Waals surface area contributed by atoms with E-state index in [0.29, 0.717) is 0 Å². The molecule has 2 rings (SSSR count). The molecular weight excluding hydrogens is 166 g/mol. The summed E-state index contributed by atoms with van der Waals surface area (Å²) >= 11 is 1.98. The second-order valence-electron chi connectivity index (χ2n) is 3.19. The first-order valence-electron chi connectivity index (χ1n) is 4.22. The third-order valence-electron chi connectivity index (χ3n) is 2.28. The third kappa shape index (κ3) is 1.20. The van der Waals surface area contributed by atoms with E-state index in [0.717, 1.165) is 0 Å². The summed E-state index contributed by atoms with van der Waals surface area (Å²) in [6, 6.07) is 6.52. The lowest BCUT2D eigenvalue weighted by atomic mass is 10.2. The second kappa shape index (κ2) is 3.02. The molecule has 0 aliphatic carbocycles. The van der Waals surface area contributed by atoms with Crippen molar-refractivity contribution in [3.05, 3.63) is 23.8 Å². The Morgan fingerprint density at radius 3 is 3.00 bits per heavy atom. The zero-order valence-corrected chi connectivity index (χ0v) is 8.32. The molecule has 0 aromatic heterocycles. The lowest BCUT2D eigenvalue weighted by molar-refractivity contribution is 0.938. The lowest BCUT2D eigenvalue weighted by Crippen LogP contribution is -2.24. The van der Waals surface area contributed by atoms with Crippen LogP contribution in [0.1, 0.15) is 5.56 Å². The fraction of sp³-hybridized carbons (Fsp3) is 0.400. The first kappa shape index (κ1) is 7.99. The fourth-order valence-corrected chi connectivity index (χ4v) is 2.77. The number of hydrogen-bond donors (Lipinski definition) is 0. The molecule has 0 spiro atoms. The molecule has 0 unspecified atom stereocenters. The van der Waals surface area contributed by atoms with Crippen molar-refractivity contribution >= 4 is 17.4 Å². The van der Waals surface area contributed by atoms with Gasteiger partial charge < -0.3 is 4.90 Å². The van der Waals surface area contributed by atoms with Gasteiger partial charge in [-0.2, -0.15) is 0 Å². The molecule has 1 aromatic rings. The number of hydrogen-bond acceptors (Lipinski definition) is 2. The molecule has 64 valence electrons. The number of nitrogens with zero attached hydrogens (tertiary/aromatic N) is 1. The van der Waals surface area contributed by atoms with Crippen molar-refractivity contribution in [3.8, 4) is 0 Å². The molecule has 0 atom stereocenters. The lowest BCUT2D eigenvalue weighted by Gasteiger charge is -2.27. The van der Waals surface area contributed by atoms with Gasteiger partial charge in [-0.15, -0.1) is 11.8 Å². The van der Waals surface area contributed by atoms with Crippen molar-refractivity contribution in [3.63, 3.8) is 0 Å². The number of fused-ring (bicyclic) bond motifs is 1. The minimum absolute atomic E-state index is 1.17. The van der Waals surface area contributed by atoms with Gasteiger partial charge in [0.1, 0.15) is 0 Å². The van der Waals surface area contributed by atoms with Gasteiger partial charge in [0.25, 0.3) is 0 Å². The maximum Gasteiger partial charge on any atom is 0.0504 e. The van der Waals surface area contributed by atoms with E-state index in [1.807, 2.05) is 11.8 Å². The summed E-state index contributed by atoms with van der Waals surface area (Å²) in [6.07, 6.45) is 0. The highest BCUT2D eigenvalue weighted by atomic mass is 32.2. The molecule has 0 saturated carbocycles. The van der Waals surface area contributed by atoms with Gasteiger partial charge in [0.2, 0.25) is 0 Å². The van der Waals surface area contributed by atoms with Gasteiger partial charge in [-0.05, 0) is 18.6 Å². The molecule has 12 heavy (non-hydrogen) atoms. The van der Waals surface area contributed by atoms with Gasteiger partial charge in [0, 0.05) is 24.2 Å². The van der Waals surface area contributed by atoms with Crippen LogP contribution in [0.3, 0.4) is 0 Å². The Morgan fingerprint density at radius 2 is 2.25 bits per heavy atom. The van der Waals surface area contributed by atoms with Gasteiger partial charge in [-0.1, -0.05) is 12.1 Å². The van der Waals surface area contributed by atoms with E-state index >= 15 is 0 Å². The van der Waals surface area contributed by atoms with Gasteiger partial charge in [-0.25, -0.2) is 0 Å². The highest BCUT2D eigenvalue weighted by Gasteiger charge is 2.14. The van der Waals surface area contributed by atoms with Crippen molar-refractivity contribution < 1.29 is 0 Å². The molecule has 1 aliphatic heterocycles. The third-order valence-corrected chi connectivity index (χ3v) is 3.48. The van der Waals surface area contributed by atoms with Gasteiger partial charge in [-0.3, -0.25) is 0 Å². The molecule has 1 aromatic carbocycles. The van der Waals surface area contributed by atoms with Crippen molar-refractivity contribution in [2.45, 2.75) is 11.8 Å². The van der Waals surface area contributed by atoms with Crippen LogP contribution in [0.15, 0.2) is 23.1 Å². The molecule has 0 radical (unpaired) electrons. The largest absolute Gasteiger partial charge is 0.373 e. The Labute approximate surface area is 77.8 Å². The number of thioether (sulfide) groups is 1. The van der Waals surface area contributed by atoms with E-state index in [1.165, 1.54) is 28.4 Å². The van der Waals surface area contributed by atoms with Crippen LogP contribution in [0.25, 0.3) is 0 Å². The van der Waals surface area contributed by atoms with Crippen LogP contribution in [-0.2, 0) is 0 Å². The monoisotopic (exact) mass is 179 g/mol. The Balaban J connectivity index is 2.52. The maximum absolute atomic E-state index is 2.33. The zero-order chi connectivity index (χ0) is 8.55. The van der Waals surface area contributed by atoms with Crippen LogP contribution in [0.5, 0.6) is 0 Å². The Bertz CT molecular complexity index is 296. The molecular formula is C10H13NS. The highest BCUT2D eigenvalue weighted by Crippen LogP contribution is 2.35. The van der Waals surface area contributed by atoms with E-state index < -0.39 is 0 Å². The fourth-order valence-electron chi connectivity index (χ4n) is 1.53. The van der Waals surface area contributed by atoms with Crippen molar-refractivity contribution in [1.29, 1.82) is 0 Å². The second-order valence-corrected chi connectivity index (χ2v) is 4.30. The first-order valence-corrected chi connectivity index (χ1v) is 5.21. The predicted molar refractivity (Wildman–Crippen MR) is 55.2 cm³/mol. The maximum atomic E-state index is 2.33. The van der Waals surface area contributed by atoms with Crippen LogP contribution in [0.2, 0.25) is 0 Å². The topological polar surface area (TPSA) is 3.24 Å². The van der Waals surface area contributed by atoms with Crippen LogP contribution < -0.4 is 4.90 Å². The highest BCUT2D eigenvalue weighted by molar-refractivity contribution is 7.99. The molecule has 2 heteroatoms. The number of anilines is 1. The van der Waals surface area contributed by atoms with E-state index in [9.17, 15) is 0 Å². The Hall–Kier alpha value is -0.630. The van der Waals surface area contributed by atoms with Crippen LogP contribution in [0.4, 0.5) is 5.69 Å². The summed E-state index contributed by atoms with van der Waals surface area (Å²) in [6.45, 7) is 3.35. The predicted octanol–water partition coefficient (Wildman–Crippen LogP) is 2.54. The molecule has 1 heterocycles. The standard InChI is InChI=1S/C10H13NS/c1-8-4-3-5-9-10(8)12-7-6-11(9)2/h3-5H,6-7H2,1-2H3. The number of rotatable bonds is 0. The number of aryl methyl sites for hydroxylation is 1. The van der Waals surface area contributed by atoms with Crippen molar-refractivity contribution in [2.75, 3.05) is 24.2 Å². The summed E-state index contributed by atoms with van der Waals surface area (Å²) in [4.78, 5) is 3.80. The van der Waals surface area contributed by atoms with E-state index in [1.54, 1.807) is 0 Å². The first-order chi connectivity index (χ1) is 5.79. The van der Waals surface area contributed by atoms with Crippen LogP contribution in [-0.4, -0.2) is 19.3 Å². The Kier molecular flexibility index (Phi) is 2.01. The van der Waals surface area contributed by atoms with E-state index in [2.05, 4.69) is 37.1 Å². The smallest absolute Gasteiger partial charge is 0.0504 e. The molecule has 0 N–H and O–H groups in total. The average Bonchev–Trinajstić information content (AvgIpc) is 2.07.